The molecule has 0 aliphatic heterocycles. The van der Waals surface area contributed by atoms with Crippen molar-refractivity contribution < 1.29 is 4.74 Å². The monoisotopic (exact) mass is 281 g/mol. The van der Waals surface area contributed by atoms with Gasteiger partial charge >= 0.3 is 6.01 Å². The third-order valence-corrected chi connectivity index (χ3v) is 3.06. The van der Waals surface area contributed by atoms with Crippen LogP contribution in [0.15, 0.2) is 34.3 Å². The minimum Gasteiger partial charge on any atom is -0.464 e. The molecule has 1 aromatic carbocycles. The van der Waals surface area contributed by atoms with Gasteiger partial charge in [0.15, 0.2) is 5.16 Å². The largest absolute Gasteiger partial charge is 0.464 e. The minimum atomic E-state index is 0.142. The third-order valence-electron chi connectivity index (χ3n) is 2.04. The topological polar surface area (TPSA) is 47.9 Å². The molecule has 0 aliphatic rings. The van der Waals surface area contributed by atoms with Crippen LogP contribution >= 0.6 is 23.4 Å². The van der Waals surface area contributed by atoms with Crippen molar-refractivity contribution in [3.8, 4) is 6.01 Å². The van der Waals surface area contributed by atoms with Gasteiger partial charge in [-0.2, -0.15) is 15.0 Å². The summed E-state index contributed by atoms with van der Waals surface area (Å²) in [7, 11) is 0. The Balaban J connectivity index is 2.23. The highest BCUT2D eigenvalue weighted by Crippen LogP contribution is 2.26. The van der Waals surface area contributed by atoms with E-state index in [9.17, 15) is 0 Å². The van der Waals surface area contributed by atoms with Crippen LogP contribution in [0.1, 0.15) is 12.5 Å². The van der Waals surface area contributed by atoms with Gasteiger partial charge in [0, 0.05) is 4.90 Å². The molecule has 0 unspecified atom stereocenters. The van der Waals surface area contributed by atoms with Crippen LogP contribution in [0, 0.1) is 6.92 Å². The SMILES string of the molecule is CCOc1nc(Cl)nc(Sc2cccc(C)c2)n1. The molecule has 0 radical (unpaired) electrons. The van der Waals surface area contributed by atoms with E-state index in [1.54, 1.807) is 0 Å². The van der Waals surface area contributed by atoms with E-state index in [1.165, 1.54) is 17.3 Å². The Labute approximate surface area is 115 Å². The number of halogens is 1. The van der Waals surface area contributed by atoms with E-state index in [1.807, 2.05) is 32.0 Å². The van der Waals surface area contributed by atoms with Gasteiger partial charge < -0.3 is 4.74 Å². The molecular formula is C12H12ClN3OS. The molecule has 0 spiro atoms. The van der Waals surface area contributed by atoms with Crippen LogP contribution in [-0.4, -0.2) is 21.6 Å². The van der Waals surface area contributed by atoms with Gasteiger partial charge in [0.1, 0.15) is 0 Å². The highest BCUT2D eigenvalue weighted by molar-refractivity contribution is 7.99. The number of nitrogens with zero attached hydrogens (tertiary/aromatic N) is 3. The van der Waals surface area contributed by atoms with Crippen molar-refractivity contribution in [1.82, 2.24) is 15.0 Å². The highest BCUT2D eigenvalue weighted by atomic mass is 35.5. The molecule has 2 aromatic rings. The molecule has 2 rings (SSSR count). The van der Waals surface area contributed by atoms with Gasteiger partial charge in [-0.1, -0.05) is 17.7 Å². The second kappa shape index (κ2) is 6.02. The van der Waals surface area contributed by atoms with Crippen molar-refractivity contribution in [2.24, 2.45) is 0 Å². The number of aryl methyl sites for hydroxylation is 1. The summed E-state index contributed by atoms with van der Waals surface area (Å²) in [6.07, 6.45) is 0. The van der Waals surface area contributed by atoms with Crippen molar-refractivity contribution >= 4 is 23.4 Å². The standard InChI is InChI=1S/C12H12ClN3OS/c1-3-17-11-14-10(13)15-12(16-11)18-9-6-4-5-8(2)7-9/h4-7H,3H2,1-2H3. The molecule has 4 nitrogen and oxygen atoms in total. The maximum atomic E-state index is 5.83. The van der Waals surface area contributed by atoms with Crippen LogP contribution in [0.2, 0.25) is 5.28 Å². The molecule has 0 bridgehead atoms. The molecule has 18 heavy (non-hydrogen) atoms. The summed E-state index contributed by atoms with van der Waals surface area (Å²) in [5.74, 6) is 0. The molecule has 0 N–H and O–H groups in total. The highest BCUT2D eigenvalue weighted by Gasteiger charge is 2.07. The van der Waals surface area contributed by atoms with Crippen molar-refractivity contribution in [1.29, 1.82) is 0 Å². The predicted octanol–water partition coefficient (Wildman–Crippen LogP) is 3.38. The molecule has 1 heterocycles. The Bertz CT molecular complexity index is 551. The van der Waals surface area contributed by atoms with Crippen molar-refractivity contribution in [3.05, 3.63) is 35.1 Å². The maximum absolute atomic E-state index is 5.83. The van der Waals surface area contributed by atoms with E-state index in [4.69, 9.17) is 16.3 Å². The first-order valence-corrected chi connectivity index (χ1v) is 6.65. The summed E-state index contributed by atoms with van der Waals surface area (Å²) < 4.78 is 5.23. The van der Waals surface area contributed by atoms with Crippen LogP contribution in [-0.2, 0) is 0 Å². The number of hydrogen-bond acceptors (Lipinski definition) is 5. The Morgan fingerprint density at radius 3 is 2.83 bits per heavy atom. The van der Waals surface area contributed by atoms with Gasteiger partial charge in [0.05, 0.1) is 6.61 Å². The molecule has 0 aliphatic carbocycles. The zero-order chi connectivity index (χ0) is 13.0. The van der Waals surface area contributed by atoms with Crippen LogP contribution in [0.3, 0.4) is 0 Å². The second-order valence-corrected chi connectivity index (χ2v) is 4.90. The average molecular weight is 282 g/mol. The van der Waals surface area contributed by atoms with Gasteiger partial charge in [0.2, 0.25) is 5.28 Å². The Hall–Kier alpha value is -1.33. The first-order chi connectivity index (χ1) is 8.67. The maximum Gasteiger partial charge on any atom is 0.321 e. The fourth-order valence-corrected chi connectivity index (χ4v) is 2.40. The molecular weight excluding hydrogens is 270 g/mol. The molecule has 1 aromatic heterocycles. The van der Waals surface area contributed by atoms with Crippen LogP contribution in [0.5, 0.6) is 6.01 Å². The van der Waals surface area contributed by atoms with Crippen molar-refractivity contribution in [3.63, 3.8) is 0 Å². The number of rotatable bonds is 4. The second-order valence-electron chi connectivity index (χ2n) is 3.52. The molecule has 0 saturated carbocycles. The minimum absolute atomic E-state index is 0.142. The molecule has 6 heteroatoms. The van der Waals surface area contributed by atoms with Crippen molar-refractivity contribution in [2.75, 3.05) is 6.61 Å². The lowest BCUT2D eigenvalue weighted by Crippen LogP contribution is -2.00. The van der Waals surface area contributed by atoms with Gasteiger partial charge in [-0.3, -0.25) is 0 Å². The molecule has 0 atom stereocenters. The molecule has 0 saturated heterocycles. The van der Waals surface area contributed by atoms with Crippen molar-refractivity contribution in [2.45, 2.75) is 23.9 Å². The summed E-state index contributed by atoms with van der Waals surface area (Å²) in [6.45, 7) is 4.40. The lowest BCUT2D eigenvalue weighted by Gasteiger charge is -2.04. The molecule has 94 valence electrons. The van der Waals surface area contributed by atoms with E-state index < -0.39 is 0 Å². The summed E-state index contributed by atoms with van der Waals surface area (Å²) >= 11 is 7.26. The van der Waals surface area contributed by atoms with E-state index in [-0.39, 0.29) is 11.3 Å². The van der Waals surface area contributed by atoms with Gasteiger partial charge in [-0.15, -0.1) is 0 Å². The van der Waals surface area contributed by atoms with Crippen LogP contribution < -0.4 is 4.74 Å². The fourth-order valence-electron chi connectivity index (χ4n) is 1.34. The van der Waals surface area contributed by atoms with Gasteiger partial charge in [-0.05, 0) is 49.3 Å². The van der Waals surface area contributed by atoms with Crippen LogP contribution in [0.4, 0.5) is 0 Å². The Morgan fingerprint density at radius 1 is 1.28 bits per heavy atom. The number of hydrogen-bond donors (Lipinski definition) is 0. The molecule has 0 amide bonds. The smallest absolute Gasteiger partial charge is 0.321 e. The normalized spacial score (nSPS) is 10.4. The van der Waals surface area contributed by atoms with E-state index in [0.29, 0.717) is 11.8 Å². The lowest BCUT2D eigenvalue weighted by atomic mass is 10.2. The van der Waals surface area contributed by atoms with Gasteiger partial charge in [-0.25, -0.2) is 0 Å². The lowest BCUT2D eigenvalue weighted by molar-refractivity contribution is 0.307. The average Bonchev–Trinajstić information content (AvgIpc) is 2.28. The first kappa shape index (κ1) is 13.1. The van der Waals surface area contributed by atoms with Crippen LogP contribution in [0.25, 0.3) is 0 Å². The molecule has 0 fully saturated rings. The quantitative estimate of drug-likeness (QED) is 0.860. The zero-order valence-electron chi connectivity index (χ0n) is 10.1. The van der Waals surface area contributed by atoms with E-state index in [0.717, 1.165) is 4.90 Å². The summed E-state index contributed by atoms with van der Waals surface area (Å²) in [5, 5.41) is 0.674. The predicted molar refractivity (Wildman–Crippen MR) is 71.3 cm³/mol. The summed E-state index contributed by atoms with van der Waals surface area (Å²) in [6, 6.07) is 8.34. The first-order valence-electron chi connectivity index (χ1n) is 5.46. The number of ether oxygens (including phenoxy) is 1. The van der Waals surface area contributed by atoms with Gasteiger partial charge in [0.25, 0.3) is 0 Å². The third kappa shape index (κ3) is 3.58. The fraction of sp³-hybridized carbons (Fsp3) is 0.250. The summed E-state index contributed by atoms with van der Waals surface area (Å²) in [4.78, 5) is 13.2. The Morgan fingerprint density at radius 2 is 2.11 bits per heavy atom. The van der Waals surface area contributed by atoms with E-state index in [2.05, 4.69) is 21.0 Å². The zero-order valence-corrected chi connectivity index (χ0v) is 11.6. The Kier molecular flexibility index (Phi) is 4.38. The number of benzene rings is 1. The summed E-state index contributed by atoms with van der Waals surface area (Å²) in [5.41, 5.74) is 1.19. The number of aromatic nitrogens is 3. The van der Waals surface area contributed by atoms with E-state index >= 15 is 0 Å².